The highest BCUT2D eigenvalue weighted by atomic mass is 32.2. The van der Waals surface area contributed by atoms with Crippen LogP contribution in [0.1, 0.15) is 44.3 Å². The maximum Gasteiger partial charge on any atom is 0.303 e. The van der Waals surface area contributed by atoms with Crippen molar-refractivity contribution in [3.63, 3.8) is 0 Å². The van der Waals surface area contributed by atoms with Crippen molar-refractivity contribution >= 4 is 28.6 Å². The monoisotopic (exact) mass is 448 g/mol. The maximum absolute atomic E-state index is 15.3. The third-order valence-corrected chi connectivity index (χ3v) is 7.16. The van der Waals surface area contributed by atoms with Crippen LogP contribution < -0.4 is 4.74 Å². The minimum atomic E-state index is -1.11. The van der Waals surface area contributed by atoms with Crippen molar-refractivity contribution in [1.29, 1.82) is 0 Å². The molecule has 2 heterocycles. The number of thioether (sulfide) groups is 1. The molecule has 1 fully saturated rings. The van der Waals surface area contributed by atoms with E-state index in [1.807, 2.05) is 30.0 Å². The van der Waals surface area contributed by atoms with Gasteiger partial charge >= 0.3 is 5.97 Å². The second-order valence-corrected chi connectivity index (χ2v) is 9.63. The molecule has 1 saturated heterocycles. The largest absolute Gasteiger partial charge is 0.497 e. The molecule has 0 amide bonds. The number of ether oxygens (including phenoxy) is 1. The lowest BCUT2D eigenvalue weighted by atomic mass is 9.79. The number of rotatable bonds is 11. The lowest BCUT2D eigenvalue weighted by Gasteiger charge is -2.38. The minimum absolute atomic E-state index is 0.0827. The summed E-state index contributed by atoms with van der Waals surface area (Å²) < 4.78 is 20.6. The number of carbonyl (C=O) groups is 1. The van der Waals surface area contributed by atoms with E-state index >= 15 is 4.39 Å². The van der Waals surface area contributed by atoms with Crippen molar-refractivity contribution in [2.75, 3.05) is 38.2 Å². The fourth-order valence-corrected chi connectivity index (χ4v) is 5.27. The number of methoxy groups -OCH3 is 1. The van der Waals surface area contributed by atoms with Crippen LogP contribution in [0.2, 0.25) is 0 Å². The second kappa shape index (κ2) is 11.7. The summed E-state index contributed by atoms with van der Waals surface area (Å²) in [7, 11) is 1.60. The highest BCUT2D eigenvalue weighted by Gasteiger charge is 2.31. The molecule has 0 radical (unpaired) electrons. The van der Waals surface area contributed by atoms with Crippen LogP contribution in [-0.2, 0) is 4.79 Å². The van der Waals surface area contributed by atoms with Crippen LogP contribution in [0.4, 0.5) is 4.39 Å². The summed E-state index contributed by atoms with van der Waals surface area (Å²) in [6.45, 7) is 4.92. The van der Waals surface area contributed by atoms with Crippen molar-refractivity contribution in [2.45, 2.75) is 38.8 Å². The lowest BCUT2D eigenvalue weighted by molar-refractivity contribution is -0.139. The average molecular weight is 449 g/mol. The quantitative estimate of drug-likeness (QED) is 0.477. The summed E-state index contributed by atoms with van der Waals surface area (Å²) in [5.41, 5.74) is 1.38. The molecule has 3 atom stereocenters. The molecular weight excluding hydrogens is 415 g/mol. The highest BCUT2D eigenvalue weighted by molar-refractivity contribution is 7.99. The number of nitrogens with zero attached hydrogens (tertiary/aromatic N) is 2. The van der Waals surface area contributed by atoms with Gasteiger partial charge in [-0.2, -0.15) is 11.8 Å². The number of pyridine rings is 1. The molecule has 0 saturated carbocycles. The van der Waals surface area contributed by atoms with E-state index in [-0.39, 0.29) is 18.3 Å². The lowest BCUT2D eigenvalue weighted by Crippen LogP contribution is -2.42. The number of benzene rings is 1. The molecule has 31 heavy (non-hydrogen) atoms. The maximum atomic E-state index is 15.3. The Morgan fingerprint density at radius 3 is 2.97 bits per heavy atom. The molecule has 0 bridgehead atoms. The Balaban J connectivity index is 1.65. The van der Waals surface area contributed by atoms with Gasteiger partial charge in [-0.25, -0.2) is 4.39 Å². The van der Waals surface area contributed by atoms with Gasteiger partial charge in [0.1, 0.15) is 11.9 Å². The number of hydrogen-bond acceptors (Lipinski definition) is 5. The van der Waals surface area contributed by atoms with Gasteiger partial charge in [-0.05, 0) is 73.2 Å². The van der Waals surface area contributed by atoms with Crippen LogP contribution in [0.15, 0.2) is 30.5 Å². The average Bonchev–Trinajstić information content (AvgIpc) is 2.77. The van der Waals surface area contributed by atoms with Crippen LogP contribution in [0.3, 0.4) is 0 Å². The summed E-state index contributed by atoms with van der Waals surface area (Å²) in [6, 6.07) is 7.26. The minimum Gasteiger partial charge on any atom is -0.497 e. The predicted molar refractivity (Wildman–Crippen MR) is 125 cm³/mol. The van der Waals surface area contributed by atoms with E-state index in [0.717, 1.165) is 48.5 Å². The van der Waals surface area contributed by atoms with Gasteiger partial charge in [0.15, 0.2) is 0 Å². The number of carboxylic acids is 1. The first-order valence-electron chi connectivity index (χ1n) is 11.1. The van der Waals surface area contributed by atoms with Gasteiger partial charge in [0.25, 0.3) is 0 Å². The van der Waals surface area contributed by atoms with Crippen LogP contribution in [0.25, 0.3) is 10.9 Å². The Hall–Kier alpha value is -1.86. The predicted octanol–water partition coefficient (Wildman–Crippen LogP) is 5.20. The highest BCUT2D eigenvalue weighted by Crippen LogP contribution is 2.36. The molecule has 170 valence electrons. The number of aromatic nitrogens is 1. The van der Waals surface area contributed by atoms with E-state index < -0.39 is 12.1 Å². The van der Waals surface area contributed by atoms with Gasteiger partial charge < -0.3 is 14.7 Å². The number of halogens is 1. The summed E-state index contributed by atoms with van der Waals surface area (Å²) in [4.78, 5) is 18.1. The fraction of sp³-hybridized carbons (Fsp3) is 0.583. The van der Waals surface area contributed by atoms with E-state index in [0.29, 0.717) is 24.2 Å². The number of aliphatic carboxylic acids is 1. The normalized spacial score (nSPS) is 20.6. The standard InChI is InChI=1S/C24H33FN2O3S/c1-3-31-13-12-27-11-9-17(18(16-27)14-24(28)29)4-6-22(25)20-8-10-26-23-7-5-19(30-2)15-21(20)23/h5,7-8,10,15,17-18,22H,3-4,6,9,11-14,16H2,1-2H3,(H,28,29)/t17-,18+,22+/m1/s1. The number of likely N-dealkylation sites (tertiary alicyclic amines) is 1. The van der Waals surface area contributed by atoms with E-state index in [1.54, 1.807) is 19.4 Å². The van der Waals surface area contributed by atoms with Gasteiger partial charge in [0.2, 0.25) is 0 Å². The molecule has 5 nitrogen and oxygen atoms in total. The summed E-state index contributed by atoms with van der Waals surface area (Å²) in [6.07, 6.45) is 2.73. The van der Waals surface area contributed by atoms with E-state index in [2.05, 4.69) is 16.8 Å². The molecule has 2 aromatic rings. The smallest absolute Gasteiger partial charge is 0.303 e. The van der Waals surface area contributed by atoms with E-state index in [4.69, 9.17) is 4.74 Å². The zero-order valence-electron chi connectivity index (χ0n) is 18.4. The SMILES string of the molecule is CCSCCN1CC[C@@H](CC[C@H](F)c2ccnc3ccc(OC)cc23)[C@@H](CC(=O)O)C1. The Bertz CT molecular complexity index is 866. The topological polar surface area (TPSA) is 62.7 Å². The zero-order chi connectivity index (χ0) is 22.2. The van der Waals surface area contributed by atoms with Crippen LogP contribution in [0, 0.1) is 11.8 Å². The summed E-state index contributed by atoms with van der Waals surface area (Å²) >= 11 is 1.91. The molecule has 1 N–H and O–H groups in total. The molecular formula is C24H33FN2O3S. The number of alkyl halides is 1. The first-order chi connectivity index (χ1) is 15.0. The molecule has 1 aromatic heterocycles. The van der Waals surface area contributed by atoms with Gasteiger partial charge in [0.05, 0.1) is 12.6 Å². The zero-order valence-corrected chi connectivity index (χ0v) is 19.2. The third kappa shape index (κ3) is 6.56. The molecule has 3 rings (SSSR count). The number of hydrogen-bond donors (Lipinski definition) is 1. The first kappa shape index (κ1) is 23.8. The Morgan fingerprint density at radius 2 is 2.23 bits per heavy atom. The van der Waals surface area contributed by atoms with E-state index in [9.17, 15) is 9.90 Å². The molecule has 0 spiro atoms. The number of fused-ring (bicyclic) bond motifs is 1. The van der Waals surface area contributed by atoms with Crippen molar-refractivity contribution in [3.8, 4) is 5.75 Å². The van der Waals surface area contributed by atoms with Gasteiger partial charge in [-0.1, -0.05) is 6.92 Å². The van der Waals surface area contributed by atoms with Crippen molar-refractivity contribution in [2.24, 2.45) is 11.8 Å². The third-order valence-electron chi connectivity index (χ3n) is 6.28. The molecule has 1 aliphatic heterocycles. The van der Waals surface area contributed by atoms with Crippen molar-refractivity contribution in [1.82, 2.24) is 9.88 Å². The molecule has 0 unspecified atom stereocenters. The summed E-state index contributed by atoms with van der Waals surface area (Å²) in [5, 5.41) is 10.2. The molecule has 7 heteroatoms. The van der Waals surface area contributed by atoms with E-state index in [1.165, 1.54) is 0 Å². The van der Waals surface area contributed by atoms with Gasteiger partial charge in [-0.15, -0.1) is 0 Å². The summed E-state index contributed by atoms with van der Waals surface area (Å²) in [5.74, 6) is 2.42. The van der Waals surface area contributed by atoms with Crippen LogP contribution in [0.5, 0.6) is 5.75 Å². The second-order valence-electron chi connectivity index (χ2n) is 8.23. The van der Waals surface area contributed by atoms with Crippen molar-refractivity contribution in [3.05, 3.63) is 36.0 Å². The van der Waals surface area contributed by atoms with Gasteiger partial charge in [0, 0.05) is 36.8 Å². The Kier molecular flexibility index (Phi) is 8.96. The Morgan fingerprint density at radius 1 is 1.39 bits per heavy atom. The van der Waals surface area contributed by atoms with Crippen LogP contribution >= 0.6 is 11.8 Å². The molecule has 1 aromatic carbocycles. The fourth-order valence-electron chi connectivity index (χ4n) is 4.60. The Labute approximate surface area is 188 Å². The molecule has 0 aliphatic carbocycles. The number of carboxylic acid groups (broad SMARTS) is 1. The first-order valence-corrected chi connectivity index (χ1v) is 12.3. The van der Waals surface area contributed by atoms with Gasteiger partial charge in [-0.3, -0.25) is 9.78 Å². The number of piperidine rings is 1. The molecule has 1 aliphatic rings. The van der Waals surface area contributed by atoms with Crippen LogP contribution in [-0.4, -0.2) is 59.2 Å². The van der Waals surface area contributed by atoms with Crippen molar-refractivity contribution < 1.29 is 19.0 Å².